The fourth-order valence-corrected chi connectivity index (χ4v) is 3.60. The summed E-state index contributed by atoms with van der Waals surface area (Å²) in [6.45, 7) is 4.19. The van der Waals surface area contributed by atoms with Crippen LogP contribution in [-0.4, -0.2) is 43.5 Å². The maximum atomic E-state index is 12.8. The number of thiophene rings is 1. The highest BCUT2D eigenvalue weighted by Gasteiger charge is 2.25. The Morgan fingerprint density at radius 2 is 1.91 bits per heavy atom. The lowest BCUT2D eigenvalue weighted by molar-refractivity contribution is 0.0302. The van der Waals surface area contributed by atoms with E-state index in [0.717, 1.165) is 44.1 Å². The molecule has 22 heavy (non-hydrogen) atoms. The average Bonchev–Trinajstić information content (AvgIpc) is 3.10. The maximum Gasteiger partial charge on any atom is 0.177 e. The first kappa shape index (κ1) is 15.4. The summed E-state index contributed by atoms with van der Waals surface area (Å²) in [5.41, 5.74) is 1.23. The van der Waals surface area contributed by atoms with Crippen LogP contribution < -0.4 is 0 Å². The van der Waals surface area contributed by atoms with Gasteiger partial charge in [0.05, 0.1) is 18.1 Å². The second kappa shape index (κ2) is 7.68. The molecule has 1 fully saturated rings. The Kier molecular flexibility index (Phi) is 5.38. The number of carbonyl (C=O) groups is 1. The summed E-state index contributed by atoms with van der Waals surface area (Å²) in [5.74, 6) is 0.282. The van der Waals surface area contributed by atoms with Gasteiger partial charge in [0.2, 0.25) is 0 Å². The first-order chi connectivity index (χ1) is 10.8. The molecule has 0 bridgehead atoms. The molecule has 116 valence electrons. The van der Waals surface area contributed by atoms with Crippen LogP contribution in [0, 0.1) is 5.92 Å². The Morgan fingerprint density at radius 3 is 2.59 bits per heavy atom. The average molecular weight is 315 g/mol. The lowest BCUT2D eigenvalue weighted by Gasteiger charge is -2.30. The van der Waals surface area contributed by atoms with E-state index in [4.69, 9.17) is 4.74 Å². The molecule has 2 heterocycles. The fourth-order valence-electron chi connectivity index (χ4n) is 2.85. The van der Waals surface area contributed by atoms with Crippen LogP contribution in [0.5, 0.6) is 0 Å². The molecule has 0 spiro atoms. The summed E-state index contributed by atoms with van der Waals surface area (Å²) >= 11 is 1.54. The highest BCUT2D eigenvalue weighted by molar-refractivity contribution is 7.12. The molecular weight excluding hydrogens is 294 g/mol. The number of carbonyl (C=O) groups excluding carboxylic acids is 1. The van der Waals surface area contributed by atoms with Gasteiger partial charge in [-0.25, -0.2) is 0 Å². The predicted octanol–water partition coefficient (Wildman–Crippen LogP) is 3.12. The maximum absolute atomic E-state index is 12.8. The smallest absolute Gasteiger partial charge is 0.177 e. The van der Waals surface area contributed by atoms with E-state index in [-0.39, 0.29) is 11.7 Å². The van der Waals surface area contributed by atoms with E-state index in [1.165, 1.54) is 16.9 Å². The van der Waals surface area contributed by atoms with Gasteiger partial charge in [0.25, 0.3) is 0 Å². The number of Topliss-reactive ketones (excluding diaryl/α,β-unsaturated/α-hetero) is 1. The van der Waals surface area contributed by atoms with Gasteiger partial charge in [-0.15, -0.1) is 11.3 Å². The molecule has 0 N–H and O–H groups in total. The summed E-state index contributed by atoms with van der Waals surface area (Å²) in [6, 6.07) is 14.2. The van der Waals surface area contributed by atoms with Gasteiger partial charge in [-0.2, -0.15) is 0 Å². The zero-order chi connectivity index (χ0) is 15.2. The van der Waals surface area contributed by atoms with Crippen molar-refractivity contribution in [3.63, 3.8) is 0 Å². The largest absolute Gasteiger partial charge is 0.379 e. The number of ketones is 1. The van der Waals surface area contributed by atoms with E-state index >= 15 is 0 Å². The van der Waals surface area contributed by atoms with Gasteiger partial charge in [0, 0.05) is 25.6 Å². The number of hydrogen-bond donors (Lipinski definition) is 0. The molecule has 1 aromatic carbocycles. The van der Waals surface area contributed by atoms with E-state index in [9.17, 15) is 4.79 Å². The molecule has 1 atom stereocenters. The summed E-state index contributed by atoms with van der Waals surface area (Å²) in [6.07, 6.45) is 0.801. The minimum atomic E-state index is 0.0131. The van der Waals surface area contributed by atoms with Crippen molar-refractivity contribution in [2.24, 2.45) is 5.92 Å². The molecule has 1 saturated heterocycles. The number of nitrogens with zero attached hydrogens (tertiary/aromatic N) is 1. The van der Waals surface area contributed by atoms with Crippen LogP contribution in [0.4, 0.5) is 0 Å². The first-order valence-electron chi connectivity index (χ1n) is 7.74. The quantitative estimate of drug-likeness (QED) is 0.767. The molecule has 3 nitrogen and oxygen atoms in total. The summed E-state index contributed by atoms with van der Waals surface area (Å²) < 4.78 is 5.41. The Morgan fingerprint density at radius 1 is 1.14 bits per heavy atom. The molecule has 1 aliphatic rings. The van der Waals surface area contributed by atoms with E-state index in [1.807, 2.05) is 35.7 Å². The van der Waals surface area contributed by atoms with Gasteiger partial charge in [-0.3, -0.25) is 9.69 Å². The van der Waals surface area contributed by atoms with E-state index < -0.39 is 0 Å². The van der Waals surface area contributed by atoms with Crippen LogP contribution in [0.3, 0.4) is 0 Å². The van der Waals surface area contributed by atoms with Crippen molar-refractivity contribution in [2.75, 3.05) is 32.8 Å². The molecule has 3 rings (SSSR count). The van der Waals surface area contributed by atoms with Gasteiger partial charge < -0.3 is 4.74 Å². The molecule has 0 saturated carbocycles. The zero-order valence-corrected chi connectivity index (χ0v) is 13.4. The summed E-state index contributed by atoms with van der Waals surface area (Å²) in [4.78, 5) is 16.1. The Labute approximate surface area is 135 Å². The molecule has 4 heteroatoms. The van der Waals surface area contributed by atoms with Crippen LogP contribution in [0.2, 0.25) is 0 Å². The first-order valence-corrected chi connectivity index (χ1v) is 8.62. The van der Waals surface area contributed by atoms with Crippen molar-refractivity contribution in [1.82, 2.24) is 4.90 Å². The van der Waals surface area contributed by atoms with Crippen molar-refractivity contribution < 1.29 is 9.53 Å². The second-order valence-electron chi connectivity index (χ2n) is 5.64. The van der Waals surface area contributed by atoms with Crippen LogP contribution in [0.15, 0.2) is 47.8 Å². The molecule has 1 aromatic heterocycles. The Bertz CT molecular complexity index is 576. The highest BCUT2D eigenvalue weighted by Crippen LogP contribution is 2.20. The zero-order valence-electron chi connectivity index (χ0n) is 12.6. The number of benzene rings is 1. The van der Waals surface area contributed by atoms with Gasteiger partial charge in [0.1, 0.15) is 0 Å². The fraction of sp³-hybridized carbons (Fsp3) is 0.389. The summed E-state index contributed by atoms with van der Waals surface area (Å²) in [7, 11) is 0. The van der Waals surface area contributed by atoms with E-state index in [1.54, 1.807) is 0 Å². The molecule has 1 unspecified atom stereocenters. The van der Waals surface area contributed by atoms with Gasteiger partial charge >= 0.3 is 0 Å². The third-order valence-electron chi connectivity index (χ3n) is 4.04. The van der Waals surface area contributed by atoms with E-state index in [0.29, 0.717) is 0 Å². The predicted molar refractivity (Wildman–Crippen MR) is 89.5 cm³/mol. The van der Waals surface area contributed by atoms with Crippen LogP contribution in [0.25, 0.3) is 0 Å². The molecule has 0 aliphatic carbocycles. The minimum absolute atomic E-state index is 0.0131. The van der Waals surface area contributed by atoms with Crippen LogP contribution in [0.1, 0.15) is 15.2 Å². The lowest BCUT2D eigenvalue weighted by atomic mass is 9.93. The van der Waals surface area contributed by atoms with Gasteiger partial charge in [0.15, 0.2) is 5.78 Å². The minimum Gasteiger partial charge on any atom is -0.379 e. The summed E-state index contributed by atoms with van der Waals surface area (Å²) in [5, 5.41) is 1.97. The SMILES string of the molecule is O=C(c1cccs1)C(Cc1ccccc1)CN1CCOCC1. The van der Waals surface area contributed by atoms with E-state index in [2.05, 4.69) is 17.0 Å². The van der Waals surface area contributed by atoms with Crippen molar-refractivity contribution in [2.45, 2.75) is 6.42 Å². The normalized spacial score (nSPS) is 17.3. The van der Waals surface area contributed by atoms with Crippen molar-refractivity contribution in [3.05, 3.63) is 58.3 Å². The van der Waals surface area contributed by atoms with Crippen molar-refractivity contribution >= 4 is 17.1 Å². The third kappa shape index (κ3) is 4.03. The number of morpholine rings is 1. The third-order valence-corrected chi connectivity index (χ3v) is 4.93. The van der Waals surface area contributed by atoms with Gasteiger partial charge in [-0.1, -0.05) is 36.4 Å². The van der Waals surface area contributed by atoms with Crippen LogP contribution >= 0.6 is 11.3 Å². The highest BCUT2D eigenvalue weighted by atomic mass is 32.1. The topological polar surface area (TPSA) is 29.5 Å². The van der Waals surface area contributed by atoms with Crippen molar-refractivity contribution in [1.29, 1.82) is 0 Å². The molecule has 1 aliphatic heterocycles. The molecule has 0 amide bonds. The Hall–Kier alpha value is -1.49. The number of rotatable bonds is 6. The second-order valence-corrected chi connectivity index (χ2v) is 6.59. The van der Waals surface area contributed by atoms with Gasteiger partial charge in [-0.05, 0) is 23.4 Å². The Balaban J connectivity index is 1.73. The molecule has 0 radical (unpaired) electrons. The standard InChI is InChI=1S/C18H21NO2S/c20-18(17-7-4-12-22-17)16(13-15-5-2-1-3-6-15)14-19-8-10-21-11-9-19/h1-7,12,16H,8-11,13-14H2. The molecular formula is C18H21NO2S. The lowest BCUT2D eigenvalue weighted by Crippen LogP contribution is -2.41. The monoisotopic (exact) mass is 315 g/mol. The number of hydrogen-bond acceptors (Lipinski definition) is 4. The van der Waals surface area contributed by atoms with Crippen molar-refractivity contribution in [3.8, 4) is 0 Å². The number of ether oxygens (including phenoxy) is 1. The molecule has 2 aromatic rings. The van der Waals surface area contributed by atoms with Crippen LogP contribution in [-0.2, 0) is 11.2 Å².